The maximum atomic E-state index is 13.4. The summed E-state index contributed by atoms with van der Waals surface area (Å²) < 4.78 is 76.0. The van der Waals surface area contributed by atoms with Gasteiger partial charge in [-0.25, -0.2) is 0 Å². The van der Waals surface area contributed by atoms with E-state index in [0.717, 1.165) is 22.3 Å². The number of halogens is 4. The average molecular weight is 611 g/mol. The number of alkyl halides is 3. The number of benzene rings is 2. The van der Waals surface area contributed by atoms with Crippen molar-refractivity contribution in [2.75, 3.05) is 0 Å². The molecule has 0 radical (unpaired) electrons. The molecule has 0 aliphatic carbocycles. The average Bonchev–Trinajstić information content (AvgIpc) is 3.10. The van der Waals surface area contributed by atoms with Crippen LogP contribution in [0, 0.1) is 27.9 Å². The van der Waals surface area contributed by atoms with Crippen LogP contribution >= 0.6 is 20.2 Å². The second-order valence-electron chi connectivity index (χ2n) is 8.71. The third-order valence-corrected chi connectivity index (χ3v) is 14.2. The van der Waals surface area contributed by atoms with Gasteiger partial charge >= 0.3 is 201 Å². The fraction of sp³-hybridized carbons (Fsp3) is 0.318. The number of aromatic nitrogens is 1. The second-order valence-corrected chi connectivity index (χ2v) is 20.0. The Kier molecular flexibility index (Phi) is 7.19. The van der Waals surface area contributed by atoms with Crippen LogP contribution in [0.2, 0.25) is 19.6 Å². The van der Waals surface area contributed by atoms with Gasteiger partial charge in [-0.05, 0) is 0 Å². The Morgan fingerprint density at radius 1 is 1.00 bits per heavy atom. The standard InChI is InChI=1S/C22H25F3INO4SSi/c1-14-12-15(2)18(16(3)13-14)20-19(21(30-27-20)33(4,5)6)26(17-10-8-7-9-11-17)31-32(28,29)22(23,24)25/h7-13H,1-6H3. The minimum absolute atomic E-state index is 0.355. The molecule has 2 aromatic carbocycles. The predicted molar refractivity (Wildman–Crippen MR) is 133 cm³/mol. The van der Waals surface area contributed by atoms with Crippen molar-refractivity contribution >= 4 is 43.8 Å². The molecule has 1 aromatic heterocycles. The molecule has 3 aromatic rings. The Morgan fingerprint density at radius 3 is 2.03 bits per heavy atom. The summed E-state index contributed by atoms with van der Waals surface area (Å²) in [7, 11) is -8.14. The number of hydrogen-bond donors (Lipinski definition) is 0. The quantitative estimate of drug-likeness (QED) is 0.190. The first-order valence-electron chi connectivity index (χ1n) is 9.98. The van der Waals surface area contributed by atoms with Crippen LogP contribution in [0.3, 0.4) is 0 Å². The molecule has 180 valence electrons. The number of rotatable bonds is 6. The van der Waals surface area contributed by atoms with Crippen molar-refractivity contribution in [1.29, 1.82) is 0 Å². The first-order chi connectivity index (χ1) is 15.1. The van der Waals surface area contributed by atoms with Gasteiger partial charge in [0.15, 0.2) is 0 Å². The molecule has 33 heavy (non-hydrogen) atoms. The fourth-order valence-electron chi connectivity index (χ4n) is 3.44. The molecule has 0 aliphatic heterocycles. The van der Waals surface area contributed by atoms with E-state index in [0.29, 0.717) is 18.2 Å². The van der Waals surface area contributed by atoms with Gasteiger partial charge in [-0.1, -0.05) is 0 Å². The third kappa shape index (κ3) is 5.36. The molecule has 0 atom stereocenters. The summed E-state index contributed by atoms with van der Waals surface area (Å²) in [6.07, 6.45) is 0. The van der Waals surface area contributed by atoms with E-state index in [4.69, 9.17) is 7.04 Å². The molecule has 0 unspecified atom stereocenters. The van der Waals surface area contributed by atoms with Crippen molar-refractivity contribution in [3.63, 3.8) is 0 Å². The molecule has 0 N–H and O–H groups in total. The molecule has 0 bridgehead atoms. The van der Waals surface area contributed by atoms with E-state index in [9.17, 15) is 21.6 Å². The summed E-state index contributed by atoms with van der Waals surface area (Å²) in [6, 6.07) is 12.1. The number of aryl methyl sites for hydroxylation is 3. The first-order valence-corrected chi connectivity index (χ1v) is 17.9. The van der Waals surface area contributed by atoms with Crippen LogP contribution in [0.15, 0.2) is 47.0 Å². The Hall–Kier alpha value is -1.70. The molecule has 0 fully saturated rings. The Labute approximate surface area is 200 Å². The summed E-state index contributed by atoms with van der Waals surface area (Å²) in [5, 5.41) is 4.73. The summed E-state index contributed by atoms with van der Waals surface area (Å²) in [4.78, 5) is 0. The van der Waals surface area contributed by atoms with Crippen molar-refractivity contribution in [3.05, 3.63) is 66.3 Å². The molecule has 3 rings (SSSR count). The summed E-state index contributed by atoms with van der Waals surface area (Å²) >= 11 is -3.70. The monoisotopic (exact) mass is 611 g/mol. The Morgan fingerprint density at radius 2 is 1.55 bits per heavy atom. The number of nitrogens with zero attached hydrogens (tertiary/aromatic N) is 1. The minimum atomic E-state index is -5.84. The molecule has 0 aliphatic rings. The van der Waals surface area contributed by atoms with Crippen LogP contribution < -0.4 is 5.38 Å². The zero-order valence-corrected chi connectivity index (χ0v) is 23.0. The molecule has 0 amide bonds. The summed E-state index contributed by atoms with van der Waals surface area (Å²) in [5.41, 5.74) is -1.70. The SMILES string of the molecule is Cc1cc(C)c(-c2noc([Si](C)(C)C)c2I(OS(=O)(=O)C(F)(F)F)c2ccccc2)c(C)c1. The molecule has 0 spiro atoms. The normalized spacial score (nSPS) is 13.3. The van der Waals surface area contributed by atoms with E-state index < -0.39 is 43.9 Å². The van der Waals surface area contributed by atoms with E-state index in [1.807, 2.05) is 52.5 Å². The molecule has 11 heteroatoms. The van der Waals surface area contributed by atoms with E-state index in [1.165, 1.54) is 0 Å². The molecular formula is C22H25F3INO4SSi. The summed E-state index contributed by atoms with van der Waals surface area (Å²) in [5.74, 6) is 0. The van der Waals surface area contributed by atoms with Gasteiger partial charge in [-0.2, -0.15) is 0 Å². The van der Waals surface area contributed by atoms with E-state index in [-0.39, 0.29) is 0 Å². The van der Waals surface area contributed by atoms with E-state index in [2.05, 4.69) is 5.16 Å². The van der Waals surface area contributed by atoms with Gasteiger partial charge in [0.25, 0.3) is 0 Å². The summed E-state index contributed by atoms with van der Waals surface area (Å²) in [6.45, 7) is 11.6. The van der Waals surface area contributed by atoms with Gasteiger partial charge in [-0.15, -0.1) is 0 Å². The van der Waals surface area contributed by atoms with E-state index >= 15 is 0 Å². The van der Waals surface area contributed by atoms with Gasteiger partial charge in [0.05, 0.1) is 0 Å². The van der Waals surface area contributed by atoms with Gasteiger partial charge in [0, 0.05) is 0 Å². The molecule has 5 nitrogen and oxygen atoms in total. The zero-order chi connectivity index (χ0) is 24.8. The second kappa shape index (κ2) is 9.15. The van der Waals surface area contributed by atoms with Crippen LogP contribution in [-0.2, 0) is 12.6 Å². The van der Waals surface area contributed by atoms with Crippen molar-refractivity contribution in [2.45, 2.75) is 45.9 Å². The molecule has 0 saturated carbocycles. The zero-order valence-electron chi connectivity index (χ0n) is 19.0. The van der Waals surface area contributed by atoms with Crippen molar-refractivity contribution in [3.8, 4) is 11.3 Å². The van der Waals surface area contributed by atoms with Crippen LogP contribution in [-0.4, -0.2) is 27.2 Å². The van der Waals surface area contributed by atoms with Crippen molar-refractivity contribution in [1.82, 2.24) is 5.16 Å². The van der Waals surface area contributed by atoms with Crippen LogP contribution in [0.5, 0.6) is 0 Å². The molecular weight excluding hydrogens is 586 g/mol. The first kappa shape index (κ1) is 25.9. The van der Waals surface area contributed by atoms with Gasteiger partial charge in [-0.3, -0.25) is 0 Å². The Bertz CT molecular complexity index is 1250. The van der Waals surface area contributed by atoms with Gasteiger partial charge in [0.1, 0.15) is 0 Å². The van der Waals surface area contributed by atoms with E-state index in [1.54, 1.807) is 30.3 Å². The van der Waals surface area contributed by atoms with Gasteiger partial charge < -0.3 is 0 Å². The predicted octanol–water partition coefficient (Wildman–Crippen LogP) is 6.14. The van der Waals surface area contributed by atoms with Crippen molar-refractivity contribution in [2.24, 2.45) is 0 Å². The number of hydrogen-bond acceptors (Lipinski definition) is 5. The van der Waals surface area contributed by atoms with Crippen molar-refractivity contribution < 1.29 is 28.6 Å². The van der Waals surface area contributed by atoms with Crippen LogP contribution in [0.4, 0.5) is 13.2 Å². The Balaban J connectivity index is 2.38. The van der Waals surface area contributed by atoms with Gasteiger partial charge in [0.2, 0.25) is 0 Å². The van der Waals surface area contributed by atoms with Crippen LogP contribution in [0.25, 0.3) is 11.3 Å². The molecule has 1 heterocycles. The molecule has 0 saturated heterocycles. The maximum absolute atomic E-state index is 13.4. The topological polar surface area (TPSA) is 69.4 Å². The van der Waals surface area contributed by atoms with Crippen LogP contribution in [0.1, 0.15) is 16.7 Å². The fourth-order valence-corrected chi connectivity index (χ4v) is 14.2. The third-order valence-electron chi connectivity index (χ3n) is 4.76.